The predicted octanol–water partition coefficient (Wildman–Crippen LogP) is 1.38. The highest BCUT2D eigenvalue weighted by Crippen LogP contribution is 2.14. The lowest BCUT2D eigenvalue weighted by Gasteiger charge is -2.35. The fourth-order valence-corrected chi connectivity index (χ4v) is 2.26. The topological polar surface area (TPSA) is 48.3 Å². The summed E-state index contributed by atoms with van der Waals surface area (Å²) >= 11 is 0. The summed E-state index contributed by atoms with van der Waals surface area (Å²) in [6.07, 6.45) is 0.853. The Bertz CT molecular complexity index is 274. The van der Waals surface area contributed by atoms with Gasteiger partial charge in [-0.25, -0.2) is 0 Å². The number of nitrogens with one attached hydrogen (secondary N) is 1. The Morgan fingerprint density at radius 1 is 1.59 bits per heavy atom. The Hall–Kier alpha value is -0.630. The molecule has 98 valence electrons. The van der Waals surface area contributed by atoms with Crippen molar-refractivity contribution < 1.29 is 4.74 Å². The zero-order valence-corrected chi connectivity index (χ0v) is 11.5. The van der Waals surface area contributed by atoms with Crippen molar-refractivity contribution >= 4 is 0 Å². The highest BCUT2D eigenvalue weighted by molar-refractivity contribution is 5.04. The van der Waals surface area contributed by atoms with E-state index in [-0.39, 0.29) is 0 Å². The quantitative estimate of drug-likeness (QED) is 0.787. The molecular weight excluding hydrogens is 214 g/mol. The minimum absolute atomic E-state index is 0.335. The summed E-state index contributed by atoms with van der Waals surface area (Å²) in [4.78, 5) is 2.40. The zero-order valence-electron chi connectivity index (χ0n) is 11.5. The average molecular weight is 239 g/mol. The van der Waals surface area contributed by atoms with Gasteiger partial charge in [0.05, 0.1) is 19.3 Å². The van der Waals surface area contributed by atoms with E-state index in [1.54, 1.807) is 0 Å². The maximum atomic E-state index is 9.27. The summed E-state index contributed by atoms with van der Waals surface area (Å²) in [5.74, 6) is 0. The molecule has 1 aliphatic rings. The molecule has 1 fully saturated rings. The van der Waals surface area contributed by atoms with Gasteiger partial charge < -0.3 is 4.74 Å². The van der Waals surface area contributed by atoms with E-state index in [0.29, 0.717) is 12.1 Å². The van der Waals surface area contributed by atoms with E-state index in [9.17, 15) is 5.26 Å². The summed E-state index contributed by atoms with van der Waals surface area (Å²) in [6.45, 7) is 11.9. The lowest BCUT2D eigenvalue weighted by Crippen LogP contribution is -2.50. The van der Waals surface area contributed by atoms with Gasteiger partial charge in [0.1, 0.15) is 5.54 Å². The van der Waals surface area contributed by atoms with Crippen LogP contribution in [0.1, 0.15) is 34.1 Å². The van der Waals surface area contributed by atoms with Crippen molar-refractivity contribution in [1.29, 1.82) is 5.26 Å². The summed E-state index contributed by atoms with van der Waals surface area (Å²) in [6, 6.07) is 3.19. The Labute approximate surface area is 105 Å². The SMILES string of the molecule is CC(C)NC(C)(C#N)CCN1CCOCC1C. The molecule has 1 heterocycles. The van der Waals surface area contributed by atoms with Crippen LogP contribution in [0.15, 0.2) is 0 Å². The molecule has 0 amide bonds. The minimum Gasteiger partial charge on any atom is -0.379 e. The molecule has 0 radical (unpaired) electrons. The highest BCUT2D eigenvalue weighted by atomic mass is 16.5. The molecule has 1 aliphatic heterocycles. The van der Waals surface area contributed by atoms with E-state index in [2.05, 4.69) is 37.1 Å². The van der Waals surface area contributed by atoms with E-state index in [1.165, 1.54) is 0 Å². The van der Waals surface area contributed by atoms with Gasteiger partial charge in [0.25, 0.3) is 0 Å². The molecule has 17 heavy (non-hydrogen) atoms. The summed E-state index contributed by atoms with van der Waals surface area (Å²) in [5, 5.41) is 12.6. The molecule has 1 saturated heterocycles. The van der Waals surface area contributed by atoms with E-state index < -0.39 is 5.54 Å². The monoisotopic (exact) mass is 239 g/mol. The third-order valence-corrected chi connectivity index (χ3v) is 3.26. The van der Waals surface area contributed by atoms with Crippen LogP contribution in [0.5, 0.6) is 0 Å². The number of nitrogens with zero attached hydrogens (tertiary/aromatic N) is 2. The first-order chi connectivity index (χ1) is 7.97. The van der Waals surface area contributed by atoms with Gasteiger partial charge in [-0.2, -0.15) is 5.26 Å². The normalized spacial score (nSPS) is 25.5. The molecule has 1 rings (SSSR count). The van der Waals surface area contributed by atoms with Crippen LogP contribution in [0.4, 0.5) is 0 Å². The smallest absolute Gasteiger partial charge is 0.105 e. The van der Waals surface area contributed by atoms with Crippen LogP contribution in [-0.4, -0.2) is 48.8 Å². The molecule has 4 heteroatoms. The average Bonchev–Trinajstić information content (AvgIpc) is 2.27. The lowest BCUT2D eigenvalue weighted by molar-refractivity contribution is -0.00278. The highest BCUT2D eigenvalue weighted by Gasteiger charge is 2.27. The van der Waals surface area contributed by atoms with Gasteiger partial charge in [0.15, 0.2) is 0 Å². The van der Waals surface area contributed by atoms with Crippen LogP contribution in [0.25, 0.3) is 0 Å². The van der Waals surface area contributed by atoms with Crippen molar-refractivity contribution in [3.05, 3.63) is 0 Å². The largest absolute Gasteiger partial charge is 0.379 e. The van der Waals surface area contributed by atoms with Crippen molar-refractivity contribution in [2.45, 2.75) is 51.7 Å². The number of nitriles is 1. The Morgan fingerprint density at radius 3 is 2.82 bits per heavy atom. The van der Waals surface area contributed by atoms with Gasteiger partial charge >= 0.3 is 0 Å². The van der Waals surface area contributed by atoms with Crippen molar-refractivity contribution in [2.75, 3.05) is 26.3 Å². The molecular formula is C13H25N3O. The molecule has 2 atom stereocenters. The number of rotatable bonds is 5. The van der Waals surface area contributed by atoms with Gasteiger partial charge in [-0.15, -0.1) is 0 Å². The van der Waals surface area contributed by atoms with Crippen molar-refractivity contribution in [3.63, 3.8) is 0 Å². The van der Waals surface area contributed by atoms with Gasteiger partial charge in [-0.05, 0) is 34.1 Å². The van der Waals surface area contributed by atoms with Crippen molar-refractivity contribution in [2.24, 2.45) is 0 Å². The molecule has 0 saturated carbocycles. The Kier molecular flexibility index (Phi) is 5.38. The first kappa shape index (κ1) is 14.4. The molecule has 0 bridgehead atoms. The van der Waals surface area contributed by atoms with Gasteiger partial charge in [0, 0.05) is 25.2 Å². The van der Waals surface area contributed by atoms with Crippen LogP contribution in [0.2, 0.25) is 0 Å². The third kappa shape index (κ3) is 4.63. The maximum absolute atomic E-state index is 9.27. The second-order valence-corrected chi connectivity index (χ2v) is 5.45. The van der Waals surface area contributed by atoms with Crippen LogP contribution < -0.4 is 5.32 Å². The zero-order chi connectivity index (χ0) is 12.9. The van der Waals surface area contributed by atoms with E-state index >= 15 is 0 Å². The van der Waals surface area contributed by atoms with E-state index in [4.69, 9.17) is 4.74 Å². The standard InChI is InChI=1S/C13H25N3O/c1-11(2)15-13(4,10-14)5-6-16-7-8-17-9-12(16)3/h11-12,15H,5-9H2,1-4H3. The van der Waals surface area contributed by atoms with E-state index in [1.807, 2.05) is 6.92 Å². The predicted molar refractivity (Wildman–Crippen MR) is 68.8 cm³/mol. The summed E-state index contributed by atoms with van der Waals surface area (Å²) in [5.41, 5.74) is -0.424. The first-order valence-corrected chi connectivity index (χ1v) is 6.47. The third-order valence-electron chi connectivity index (χ3n) is 3.26. The molecule has 0 spiro atoms. The van der Waals surface area contributed by atoms with Crippen LogP contribution >= 0.6 is 0 Å². The summed E-state index contributed by atoms with van der Waals surface area (Å²) < 4.78 is 5.41. The number of hydrogen-bond donors (Lipinski definition) is 1. The molecule has 4 nitrogen and oxygen atoms in total. The van der Waals surface area contributed by atoms with Crippen LogP contribution in [-0.2, 0) is 4.74 Å². The number of hydrogen-bond acceptors (Lipinski definition) is 4. The molecule has 2 unspecified atom stereocenters. The first-order valence-electron chi connectivity index (χ1n) is 6.47. The summed E-state index contributed by atoms with van der Waals surface area (Å²) in [7, 11) is 0. The molecule has 0 aromatic rings. The molecule has 1 N–H and O–H groups in total. The van der Waals surface area contributed by atoms with Crippen molar-refractivity contribution in [3.8, 4) is 6.07 Å². The Balaban J connectivity index is 2.44. The Morgan fingerprint density at radius 2 is 2.29 bits per heavy atom. The van der Waals surface area contributed by atoms with Crippen LogP contribution in [0.3, 0.4) is 0 Å². The minimum atomic E-state index is -0.424. The molecule has 0 aliphatic carbocycles. The van der Waals surface area contributed by atoms with E-state index in [0.717, 1.165) is 32.7 Å². The van der Waals surface area contributed by atoms with Crippen molar-refractivity contribution in [1.82, 2.24) is 10.2 Å². The second-order valence-electron chi connectivity index (χ2n) is 5.45. The molecule has 0 aromatic heterocycles. The van der Waals surface area contributed by atoms with Gasteiger partial charge in [0.2, 0.25) is 0 Å². The van der Waals surface area contributed by atoms with Gasteiger partial charge in [-0.1, -0.05) is 0 Å². The van der Waals surface area contributed by atoms with Crippen LogP contribution in [0, 0.1) is 11.3 Å². The molecule has 0 aromatic carbocycles. The van der Waals surface area contributed by atoms with Gasteiger partial charge in [-0.3, -0.25) is 10.2 Å². The lowest BCUT2D eigenvalue weighted by atomic mass is 9.98. The fraction of sp³-hybridized carbons (Fsp3) is 0.923. The maximum Gasteiger partial charge on any atom is 0.105 e. The number of morpholine rings is 1. The number of ether oxygens (including phenoxy) is 1. The fourth-order valence-electron chi connectivity index (χ4n) is 2.26. The second kappa shape index (κ2) is 6.34.